The lowest BCUT2D eigenvalue weighted by Crippen LogP contribution is -2.35. The van der Waals surface area contributed by atoms with Crippen LogP contribution in [0.3, 0.4) is 0 Å². The van der Waals surface area contributed by atoms with E-state index in [2.05, 4.69) is 17.1 Å². The summed E-state index contributed by atoms with van der Waals surface area (Å²) < 4.78 is 5.40. The molecule has 138 valence electrons. The fraction of sp³-hybridized carbons (Fsp3) is 0.333. The zero-order valence-corrected chi connectivity index (χ0v) is 15.6. The topological polar surface area (TPSA) is 58.6 Å². The first-order valence-corrected chi connectivity index (χ1v) is 8.70. The van der Waals surface area contributed by atoms with Gasteiger partial charge in [0.2, 0.25) is 0 Å². The molecule has 26 heavy (non-hydrogen) atoms. The summed E-state index contributed by atoms with van der Waals surface area (Å²) in [6.45, 7) is 2.50. The first-order chi connectivity index (χ1) is 12.5. The molecule has 0 fully saturated rings. The van der Waals surface area contributed by atoms with E-state index in [1.807, 2.05) is 61.6 Å². The fourth-order valence-electron chi connectivity index (χ4n) is 2.54. The third-order valence-electron chi connectivity index (χ3n) is 4.34. The highest BCUT2D eigenvalue weighted by Gasteiger charge is 2.15. The van der Waals surface area contributed by atoms with Crippen molar-refractivity contribution in [2.24, 2.45) is 0 Å². The quantitative estimate of drug-likeness (QED) is 0.703. The second-order valence-corrected chi connectivity index (χ2v) is 6.36. The molecule has 1 N–H and O–H groups in total. The van der Waals surface area contributed by atoms with E-state index in [9.17, 15) is 9.59 Å². The van der Waals surface area contributed by atoms with Crippen LogP contribution >= 0.6 is 0 Å². The van der Waals surface area contributed by atoms with Crippen LogP contribution in [0.5, 0.6) is 5.75 Å². The van der Waals surface area contributed by atoms with Crippen molar-refractivity contribution in [2.75, 3.05) is 27.2 Å². The maximum atomic E-state index is 12.3. The van der Waals surface area contributed by atoms with Crippen LogP contribution in [0.25, 0.3) is 0 Å². The molecule has 2 aromatic carbocycles. The fourth-order valence-corrected chi connectivity index (χ4v) is 2.54. The Bertz CT molecular complexity index is 714. The molecule has 2 rings (SSSR count). The van der Waals surface area contributed by atoms with E-state index in [-0.39, 0.29) is 24.3 Å². The molecule has 0 radical (unpaired) electrons. The van der Waals surface area contributed by atoms with Gasteiger partial charge in [-0.1, -0.05) is 42.5 Å². The maximum Gasteiger partial charge on any atom is 0.257 e. The number of hydrogen-bond acceptors (Lipinski definition) is 4. The predicted molar refractivity (Wildman–Crippen MR) is 103 cm³/mol. The van der Waals surface area contributed by atoms with E-state index in [1.165, 1.54) is 0 Å². The van der Waals surface area contributed by atoms with E-state index < -0.39 is 0 Å². The van der Waals surface area contributed by atoms with E-state index >= 15 is 0 Å². The molecule has 0 spiro atoms. The number of ketones is 1. The highest BCUT2D eigenvalue weighted by molar-refractivity contribution is 5.97. The number of nitrogens with zero attached hydrogens (tertiary/aromatic N) is 1. The molecule has 0 heterocycles. The van der Waals surface area contributed by atoms with Gasteiger partial charge in [0.05, 0.1) is 6.54 Å². The summed E-state index contributed by atoms with van der Waals surface area (Å²) in [5.74, 6) is 0.628. The molecule has 5 heteroatoms. The minimum atomic E-state index is -0.160. The normalized spacial score (nSPS) is 11.8. The van der Waals surface area contributed by atoms with Crippen molar-refractivity contribution in [3.8, 4) is 5.75 Å². The number of likely N-dealkylation sites (N-methyl/N-ethyl adjacent to an activating group) is 2. The summed E-state index contributed by atoms with van der Waals surface area (Å²) in [4.78, 5) is 25.6. The van der Waals surface area contributed by atoms with E-state index in [0.29, 0.717) is 12.3 Å². The van der Waals surface area contributed by atoms with Crippen molar-refractivity contribution >= 4 is 11.7 Å². The summed E-state index contributed by atoms with van der Waals surface area (Å²) in [5.41, 5.74) is 1.90. The van der Waals surface area contributed by atoms with Gasteiger partial charge < -0.3 is 10.1 Å². The standard InChI is InChI=1S/C21H26N2O3/c1-16(23(3)14-20(24)18-7-5-4-6-8-18)13-17-9-11-19(12-10-17)26-15-21(25)22-2/h4-12,16H,13-15H2,1-3H3,(H,22,25). The van der Waals surface area contributed by atoms with Crippen LogP contribution in [0, 0.1) is 0 Å². The van der Waals surface area contributed by atoms with Gasteiger partial charge in [-0.2, -0.15) is 0 Å². The molecule has 1 atom stereocenters. The van der Waals surface area contributed by atoms with Gasteiger partial charge in [-0.05, 0) is 38.1 Å². The van der Waals surface area contributed by atoms with Crippen LogP contribution in [0.4, 0.5) is 0 Å². The Labute approximate surface area is 155 Å². The highest BCUT2D eigenvalue weighted by Crippen LogP contribution is 2.15. The van der Waals surface area contributed by atoms with Crippen LogP contribution in [-0.2, 0) is 11.2 Å². The second kappa shape index (κ2) is 9.73. The number of carbonyl (C=O) groups is 2. The molecular formula is C21H26N2O3. The van der Waals surface area contributed by atoms with Gasteiger partial charge in [0, 0.05) is 18.7 Å². The third-order valence-corrected chi connectivity index (χ3v) is 4.34. The zero-order valence-electron chi connectivity index (χ0n) is 15.6. The number of Topliss-reactive ketones (excluding diaryl/α,β-unsaturated/α-hetero) is 1. The number of rotatable bonds is 9. The van der Waals surface area contributed by atoms with Crippen LogP contribution in [0.1, 0.15) is 22.8 Å². The molecule has 5 nitrogen and oxygen atoms in total. The number of nitrogens with one attached hydrogen (secondary N) is 1. The third kappa shape index (κ3) is 6.01. The van der Waals surface area contributed by atoms with Crippen molar-refractivity contribution in [3.63, 3.8) is 0 Å². The summed E-state index contributed by atoms with van der Waals surface area (Å²) in [5, 5.41) is 2.52. The summed E-state index contributed by atoms with van der Waals surface area (Å²) in [6, 6.07) is 17.3. The lowest BCUT2D eigenvalue weighted by Gasteiger charge is -2.24. The lowest BCUT2D eigenvalue weighted by atomic mass is 10.0. The maximum absolute atomic E-state index is 12.3. The SMILES string of the molecule is CNC(=O)COc1ccc(CC(C)N(C)CC(=O)c2ccccc2)cc1. The Balaban J connectivity index is 1.85. The van der Waals surface area contributed by atoms with Gasteiger partial charge in [-0.3, -0.25) is 14.5 Å². The zero-order chi connectivity index (χ0) is 18.9. The molecule has 2 aromatic rings. The molecule has 0 aliphatic carbocycles. The van der Waals surface area contributed by atoms with Gasteiger partial charge in [0.1, 0.15) is 5.75 Å². The molecule has 0 saturated carbocycles. The van der Waals surface area contributed by atoms with Gasteiger partial charge in [-0.25, -0.2) is 0 Å². The smallest absolute Gasteiger partial charge is 0.257 e. The van der Waals surface area contributed by atoms with Crippen LogP contribution in [-0.4, -0.2) is 49.9 Å². The summed E-state index contributed by atoms with van der Waals surface area (Å²) in [6.07, 6.45) is 0.828. The molecular weight excluding hydrogens is 328 g/mol. The van der Waals surface area contributed by atoms with E-state index in [4.69, 9.17) is 4.74 Å². The average molecular weight is 354 g/mol. The number of carbonyl (C=O) groups excluding carboxylic acids is 2. The second-order valence-electron chi connectivity index (χ2n) is 6.36. The Morgan fingerprint density at radius 2 is 1.73 bits per heavy atom. The Hall–Kier alpha value is -2.66. The van der Waals surface area contributed by atoms with Crippen LogP contribution in [0.2, 0.25) is 0 Å². The van der Waals surface area contributed by atoms with Crippen molar-refractivity contribution in [2.45, 2.75) is 19.4 Å². The molecule has 1 unspecified atom stereocenters. The molecule has 0 saturated heterocycles. The summed E-state index contributed by atoms with van der Waals surface area (Å²) in [7, 11) is 3.54. The average Bonchev–Trinajstić information content (AvgIpc) is 2.67. The van der Waals surface area contributed by atoms with Gasteiger partial charge in [0.25, 0.3) is 5.91 Å². The number of ether oxygens (including phenoxy) is 1. The molecule has 1 amide bonds. The highest BCUT2D eigenvalue weighted by atomic mass is 16.5. The first-order valence-electron chi connectivity index (χ1n) is 8.70. The Morgan fingerprint density at radius 3 is 2.35 bits per heavy atom. The van der Waals surface area contributed by atoms with Crippen molar-refractivity contribution in [3.05, 3.63) is 65.7 Å². The molecule has 0 aromatic heterocycles. The first kappa shape index (κ1) is 19.7. The number of amides is 1. The van der Waals surface area contributed by atoms with Gasteiger partial charge >= 0.3 is 0 Å². The molecule has 0 aliphatic rings. The minimum Gasteiger partial charge on any atom is -0.484 e. The lowest BCUT2D eigenvalue weighted by molar-refractivity contribution is -0.122. The van der Waals surface area contributed by atoms with E-state index in [0.717, 1.165) is 17.5 Å². The van der Waals surface area contributed by atoms with E-state index in [1.54, 1.807) is 7.05 Å². The van der Waals surface area contributed by atoms with Gasteiger partial charge in [0.15, 0.2) is 12.4 Å². The largest absolute Gasteiger partial charge is 0.484 e. The minimum absolute atomic E-state index is 0.0105. The Morgan fingerprint density at radius 1 is 1.08 bits per heavy atom. The van der Waals surface area contributed by atoms with Gasteiger partial charge in [-0.15, -0.1) is 0 Å². The van der Waals surface area contributed by atoms with Crippen LogP contribution < -0.4 is 10.1 Å². The van der Waals surface area contributed by atoms with Crippen molar-refractivity contribution in [1.29, 1.82) is 0 Å². The van der Waals surface area contributed by atoms with Crippen LogP contribution in [0.15, 0.2) is 54.6 Å². The molecule has 0 bridgehead atoms. The monoisotopic (exact) mass is 354 g/mol. The van der Waals surface area contributed by atoms with Crippen molar-refractivity contribution < 1.29 is 14.3 Å². The number of benzene rings is 2. The Kier molecular flexibility index (Phi) is 7.36. The summed E-state index contributed by atoms with van der Waals surface area (Å²) >= 11 is 0. The molecule has 0 aliphatic heterocycles. The predicted octanol–water partition coefficient (Wildman–Crippen LogP) is 2.56. The van der Waals surface area contributed by atoms with Crippen molar-refractivity contribution in [1.82, 2.24) is 10.2 Å². The number of hydrogen-bond donors (Lipinski definition) is 1.